The largest absolute Gasteiger partial charge is 0.399 e. The summed E-state index contributed by atoms with van der Waals surface area (Å²) in [7, 11) is 0. The number of nitrogens with one attached hydrogen (secondary N) is 1. The molecule has 3 aromatic rings. The number of fused-ring (bicyclic) bond motifs is 1. The lowest BCUT2D eigenvalue weighted by atomic mass is 10.1. The van der Waals surface area contributed by atoms with Crippen molar-refractivity contribution in [1.29, 1.82) is 0 Å². The van der Waals surface area contributed by atoms with Crippen LogP contribution < -0.4 is 11.1 Å². The Morgan fingerprint density at radius 1 is 1.29 bits per heavy atom. The van der Waals surface area contributed by atoms with Crippen molar-refractivity contribution in [2.24, 2.45) is 0 Å². The number of anilines is 2. The molecule has 106 valence electrons. The number of nitrogens with two attached hydrogens (primary N) is 1. The normalized spacial score (nSPS) is 10.7. The third kappa shape index (κ3) is 2.72. The van der Waals surface area contributed by atoms with Gasteiger partial charge < -0.3 is 15.6 Å². The number of amides is 1. The summed E-state index contributed by atoms with van der Waals surface area (Å²) in [5, 5.41) is 7.68. The molecule has 0 aliphatic heterocycles. The molecule has 3 N–H and O–H groups in total. The summed E-state index contributed by atoms with van der Waals surface area (Å²) in [5.41, 5.74) is 9.37. The van der Waals surface area contributed by atoms with E-state index in [1.165, 1.54) is 0 Å². The highest BCUT2D eigenvalue weighted by Crippen LogP contribution is 2.20. The van der Waals surface area contributed by atoms with Crippen LogP contribution in [0.5, 0.6) is 0 Å². The van der Waals surface area contributed by atoms with Crippen LogP contribution in [-0.2, 0) is 11.2 Å². The standard InChI is InChI=1S/C16H15N3O2/c1-10-8-11(17)6-7-13(10)18-16(20)9-14-12-4-2-3-5-15(12)21-19-14/h2-8H,9,17H2,1H3,(H,18,20). The molecule has 5 nitrogen and oxygen atoms in total. The first-order chi connectivity index (χ1) is 10.1. The summed E-state index contributed by atoms with van der Waals surface area (Å²) in [6, 6.07) is 12.9. The van der Waals surface area contributed by atoms with Crippen LogP contribution in [0.1, 0.15) is 11.3 Å². The molecular formula is C16H15N3O2. The summed E-state index contributed by atoms with van der Waals surface area (Å²) in [6.45, 7) is 1.90. The van der Waals surface area contributed by atoms with Gasteiger partial charge in [-0.15, -0.1) is 0 Å². The van der Waals surface area contributed by atoms with E-state index in [4.69, 9.17) is 10.3 Å². The van der Waals surface area contributed by atoms with E-state index in [-0.39, 0.29) is 12.3 Å². The maximum atomic E-state index is 12.1. The summed E-state index contributed by atoms with van der Waals surface area (Å²) in [4.78, 5) is 12.1. The highest BCUT2D eigenvalue weighted by atomic mass is 16.5. The molecule has 1 aromatic heterocycles. The average molecular weight is 281 g/mol. The summed E-state index contributed by atoms with van der Waals surface area (Å²) >= 11 is 0. The molecule has 0 saturated heterocycles. The predicted molar refractivity (Wildman–Crippen MR) is 81.9 cm³/mol. The van der Waals surface area contributed by atoms with Gasteiger partial charge >= 0.3 is 0 Å². The van der Waals surface area contributed by atoms with Gasteiger partial charge in [-0.1, -0.05) is 17.3 Å². The molecule has 0 aliphatic rings. The SMILES string of the molecule is Cc1cc(N)ccc1NC(=O)Cc1noc2ccccc12. The quantitative estimate of drug-likeness (QED) is 0.723. The molecule has 0 fully saturated rings. The number of aryl methyl sites for hydroxylation is 1. The number of benzene rings is 2. The van der Waals surface area contributed by atoms with Gasteiger partial charge in [-0.25, -0.2) is 0 Å². The maximum absolute atomic E-state index is 12.1. The number of hydrogen-bond acceptors (Lipinski definition) is 4. The van der Waals surface area contributed by atoms with Crippen LogP contribution in [0.15, 0.2) is 47.0 Å². The van der Waals surface area contributed by atoms with Crippen molar-refractivity contribution in [2.45, 2.75) is 13.3 Å². The second-order valence-corrected chi connectivity index (χ2v) is 4.92. The second-order valence-electron chi connectivity index (χ2n) is 4.92. The van der Waals surface area contributed by atoms with Gasteiger partial charge in [0.05, 0.1) is 6.42 Å². The zero-order chi connectivity index (χ0) is 14.8. The van der Waals surface area contributed by atoms with E-state index in [2.05, 4.69) is 10.5 Å². The van der Waals surface area contributed by atoms with Gasteiger partial charge in [0.25, 0.3) is 0 Å². The first-order valence-corrected chi connectivity index (χ1v) is 6.63. The van der Waals surface area contributed by atoms with Crippen molar-refractivity contribution in [3.05, 3.63) is 53.7 Å². The fraction of sp³-hybridized carbons (Fsp3) is 0.125. The number of nitrogens with zero attached hydrogens (tertiary/aromatic N) is 1. The first kappa shape index (κ1) is 13.2. The van der Waals surface area contributed by atoms with Crippen LogP contribution in [0.25, 0.3) is 11.0 Å². The van der Waals surface area contributed by atoms with Gasteiger partial charge in [-0.3, -0.25) is 4.79 Å². The average Bonchev–Trinajstić information content (AvgIpc) is 2.85. The number of carbonyl (C=O) groups excluding carboxylic acids is 1. The third-order valence-electron chi connectivity index (χ3n) is 3.30. The van der Waals surface area contributed by atoms with Crippen LogP contribution in [0.2, 0.25) is 0 Å². The number of hydrogen-bond donors (Lipinski definition) is 2. The molecule has 0 atom stereocenters. The van der Waals surface area contributed by atoms with E-state index >= 15 is 0 Å². The van der Waals surface area contributed by atoms with E-state index in [9.17, 15) is 4.79 Å². The summed E-state index contributed by atoms with van der Waals surface area (Å²) in [5.74, 6) is -0.137. The van der Waals surface area contributed by atoms with Gasteiger partial charge in [0.1, 0.15) is 5.69 Å². The Balaban J connectivity index is 1.77. The second kappa shape index (κ2) is 5.28. The highest BCUT2D eigenvalue weighted by molar-refractivity contribution is 5.95. The minimum Gasteiger partial charge on any atom is -0.399 e. The lowest BCUT2D eigenvalue weighted by Gasteiger charge is -2.08. The van der Waals surface area contributed by atoms with Crippen molar-refractivity contribution >= 4 is 28.3 Å². The van der Waals surface area contributed by atoms with Crippen molar-refractivity contribution < 1.29 is 9.32 Å². The number of aromatic nitrogens is 1. The van der Waals surface area contributed by atoms with Gasteiger partial charge in [0, 0.05) is 16.8 Å². The molecule has 3 rings (SSSR count). The molecule has 0 saturated carbocycles. The lowest BCUT2D eigenvalue weighted by molar-refractivity contribution is -0.115. The van der Waals surface area contributed by atoms with Crippen LogP contribution in [0.3, 0.4) is 0 Å². The van der Waals surface area contributed by atoms with Crippen LogP contribution in [0, 0.1) is 6.92 Å². The number of nitrogen functional groups attached to an aromatic ring is 1. The Labute approximate surface area is 121 Å². The van der Waals surface area contributed by atoms with Crippen molar-refractivity contribution in [3.8, 4) is 0 Å². The van der Waals surface area contributed by atoms with E-state index in [1.54, 1.807) is 12.1 Å². The molecular weight excluding hydrogens is 266 g/mol. The highest BCUT2D eigenvalue weighted by Gasteiger charge is 2.12. The van der Waals surface area contributed by atoms with E-state index in [0.717, 1.165) is 16.6 Å². The van der Waals surface area contributed by atoms with E-state index < -0.39 is 0 Å². The maximum Gasteiger partial charge on any atom is 0.230 e. The van der Waals surface area contributed by atoms with Crippen LogP contribution in [-0.4, -0.2) is 11.1 Å². The zero-order valence-electron chi connectivity index (χ0n) is 11.6. The molecule has 0 aliphatic carbocycles. The number of carbonyl (C=O) groups is 1. The lowest BCUT2D eigenvalue weighted by Crippen LogP contribution is -2.15. The molecule has 0 spiro atoms. The molecule has 0 unspecified atom stereocenters. The van der Waals surface area contributed by atoms with Crippen LogP contribution >= 0.6 is 0 Å². The Kier molecular flexibility index (Phi) is 3.31. The van der Waals surface area contributed by atoms with Gasteiger partial charge in [0.15, 0.2) is 5.58 Å². The number of para-hydroxylation sites is 1. The monoisotopic (exact) mass is 281 g/mol. The Morgan fingerprint density at radius 2 is 2.10 bits per heavy atom. The van der Waals surface area contributed by atoms with E-state index in [1.807, 2.05) is 37.3 Å². The molecule has 1 heterocycles. The van der Waals surface area contributed by atoms with E-state index in [0.29, 0.717) is 17.0 Å². The van der Waals surface area contributed by atoms with Gasteiger partial charge in [0.2, 0.25) is 5.91 Å². The Morgan fingerprint density at radius 3 is 2.90 bits per heavy atom. The minimum absolute atomic E-state index is 0.137. The fourth-order valence-corrected chi connectivity index (χ4v) is 2.24. The molecule has 0 bridgehead atoms. The topological polar surface area (TPSA) is 81.1 Å². The number of rotatable bonds is 3. The van der Waals surface area contributed by atoms with Gasteiger partial charge in [-0.05, 0) is 42.8 Å². The fourth-order valence-electron chi connectivity index (χ4n) is 2.24. The van der Waals surface area contributed by atoms with Crippen molar-refractivity contribution in [3.63, 3.8) is 0 Å². The smallest absolute Gasteiger partial charge is 0.230 e. The predicted octanol–water partition coefficient (Wildman–Crippen LogP) is 2.90. The Hall–Kier alpha value is -2.82. The van der Waals surface area contributed by atoms with Crippen molar-refractivity contribution in [2.75, 3.05) is 11.1 Å². The van der Waals surface area contributed by atoms with Gasteiger partial charge in [-0.2, -0.15) is 0 Å². The molecule has 2 aromatic carbocycles. The summed E-state index contributed by atoms with van der Waals surface area (Å²) in [6.07, 6.45) is 0.167. The first-order valence-electron chi connectivity index (χ1n) is 6.63. The van der Waals surface area contributed by atoms with Crippen molar-refractivity contribution in [1.82, 2.24) is 5.16 Å². The zero-order valence-corrected chi connectivity index (χ0v) is 11.6. The summed E-state index contributed by atoms with van der Waals surface area (Å²) < 4.78 is 5.19. The molecule has 21 heavy (non-hydrogen) atoms. The molecule has 5 heteroatoms. The van der Waals surface area contributed by atoms with Crippen LogP contribution in [0.4, 0.5) is 11.4 Å². The third-order valence-corrected chi connectivity index (χ3v) is 3.30. The minimum atomic E-state index is -0.137. The molecule has 1 amide bonds. The Bertz CT molecular complexity index is 808. The molecule has 0 radical (unpaired) electrons.